The molecule has 0 aromatic heterocycles. The van der Waals surface area contributed by atoms with Gasteiger partial charge in [-0.15, -0.1) is 0 Å². The summed E-state index contributed by atoms with van der Waals surface area (Å²) in [7, 11) is -1.83. The molecule has 3 rings (SSSR count). The average Bonchev–Trinajstić information content (AvgIpc) is 3.10. The Morgan fingerprint density at radius 3 is 2.68 bits per heavy atom. The van der Waals surface area contributed by atoms with Gasteiger partial charge in [-0.3, -0.25) is 9.10 Å². The highest BCUT2D eigenvalue weighted by molar-refractivity contribution is 7.92. The number of hydrogen-bond acceptors (Lipinski definition) is 6. The second-order valence-electron chi connectivity index (χ2n) is 6.28. The van der Waals surface area contributed by atoms with E-state index in [-0.39, 0.29) is 5.56 Å². The average molecular weight is 404 g/mol. The van der Waals surface area contributed by atoms with Gasteiger partial charge in [-0.05, 0) is 42.3 Å². The first-order valence-corrected chi connectivity index (χ1v) is 10.3. The maximum absolute atomic E-state index is 12.2. The van der Waals surface area contributed by atoms with Crippen LogP contribution in [0.2, 0.25) is 0 Å². The molecule has 1 aliphatic heterocycles. The molecule has 0 spiro atoms. The van der Waals surface area contributed by atoms with E-state index in [0.717, 1.165) is 11.8 Å². The Kier molecular flexibility index (Phi) is 5.55. The number of esters is 1. The third kappa shape index (κ3) is 4.42. The van der Waals surface area contributed by atoms with Gasteiger partial charge in [0.25, 0.3) is 5.91 Å². The zero-order valence-corrected chi connectivity index (χ0v) is 16.3. The van der Waals surface area contributed by atoms with Crippen LogP contribution in [0.1, 0.15) is 15.9 Å². The van der Waals surface area contributed by atoms with Crippen molar-refractivity contribution in [3.8, 4) is 5.75 Å². The number of carbonyl (C=O) groups is 2. The summed E-state index contributed by atoms with van der Waals surface area (Å²) < 4.78 is 35.0. The summed E-state index contributed by atoms with van der Waals surface area (Å²) in [4.78, 5) is 24.2. The normalized spacial score (nSPS) is 13.0. The Hall–Kier alpha value is -3.07. The third-order valence-electron chi connectivity index (χ3n) is 4.26. The van der Waals surface area contributed by atoms with Crippen molar-refractivity contribution in [2.24, 2.45) is 0 Å². The molecule has 8 nitrogen and oxygen atoms in total. The number of methoxy groups -OCH3 is 1. The van der Waals surface area contributed by atoms with Crippen molar-refractivity contribution >= 4 is 33.3 Å². The van der Waals surface area contributed by atoms with Gasteiger partial charge in [0.05, 0.1) is 24.6 Å². The number of amides is 1. The first-order chi connectivity index (χ1) is 13.3. The maximum Gasteiger partial charge on any atom is 0.338 e. The fourth-order valence-electron chi connectivity index (χ4n) is 2.96. The number of nitrogens with zero attached hydrogens (tertiary/aromatic N) is 1. The minimum absolute atomic E-state index is 0.267. The van der Waals surface area contributed by atoms with Crippen LogP contribution < -0.4 is 14.4 Å². The summed E-state index contributed by atoms with van der Waals surface area (Å²) in [6.45, 7) is -0.0990. The molecule has 0 aliphatic carbocycles. The summed E-state index contributed by atoms with van der Waals surface area (Å²) in [5, 5.41) is 2.62. The predicted octanol–water partition coefficient (Wildman–Crippen LogP) is 1.81. The smallest absolute Gasteiger partial charge is 0.338 e. The molecule has 0 saturated heterocycles. The summed E-state index contributed by atoms with van der Waals surface area (Å²) in [6.07, 6.45) is 1.66. The van der Waals surface area contributed by atoms with Gasteiger partial charge in [0.1, 0.15) is 5.75 Å². The quantitative estimate of drug-likeness (QED) is 0.737. The lowest BCUT2D eigenvalue weighted by Gasteiger charge is -2.16. The lowest BCUT2D eigenvalue weighted by Crippen LogP contribution is -2.27. The van der Waals surface area contributed by atoms with Gasteiger partial charge in [0.15, 0.2) is 6.61 Å². The van der Waals surface area contributed by atoms with Crippen molar-refractivity contribution in [1.82, 2.24) is 0 Å². The Morgan fingerprint density at radius 1 is 1.18 bits per heavy atom. The zero-order valence-electron chi connectivity index (χ0n) is 15.5. The SMILES string of the molecule is COc1cccc(NC(=O)COC(=O)c2ccc3c(c2)CCN3S(C)(=O)=O)c1. The summed E-state index contributed by atoms with van der Waals surface area (Å²) >= 11 is 0. The van der Waals surface area contributed by atoms with E-state index in [0.29, 0.717) is 30.1 Å². The summed E-state index contributed by atoms with van der Waals surface area (Å²) in [5.74, 6) is -0.538. The number of benzene rings is 2. The van der Waals surface area contributed by atoms with E-state index in [9.17, 15) is 18.0 Å². The van der Waals surface area contributed by atoms with Crippen LogP contribution in [0.3, 0.4) is 0 Å². The van der Waals surface area contributed by atoms with Crippen molar-refractivity contribution in [3.63, 3.8) is 0 Å². The number of sulfonamides is 1. The number of carbonyl (C=O) groups excluding carboxylic acids is 2. The van der Waals surface area contributed by atoms with Gasteiger partial charge in [0, 0.05) is 18.3 Å². The number of rotatable bonds is 6. The molecule has 2 aromatic rings. The van der Waals surface area contributed by atoms with E-state index < -0.39 is 28.5 Å². The van der Waals surface area contributed by atoms with Crippen LogP contribution >= 0.6 is 0 Å². The van der Waals surface area contributed by atoms with Crippen molar-refractivity contribution in [2.45, 2.75) is 6.42 Å². The Balaban J connectivity index is 1.60. The van der Waals surface area contributed by atoms with Crippen LogP contribution in [0.15, 0.2) is 42.5 Å². The molecular formula is C19H20N2O6S. The number of ether oxygens (including phenoxy) is 2. The molecule has 1 N–H and O–H groups in total. The number of hydrogen-bond donors (Lipinski definition) is 1. The molecule has 0 saturated carbocycles. The number of fused-ring (bicyclic) bond motifs is 1. The molecule has 1 amide bonds. The van der Waals surface area contributed by atoms with Crippen LogP contribution in [0.5, 0.6) is 5.75 Å². The van der Waals surface area contributed by atoms with E-state index in [1.165, 1.54) is 17.5 Å². The molecule has 148 valence electrons. The van der Waals surface area contributed by atoms with Crippen molar-refractivity contribution < 1.29 is 27.5 Å². The van der Waals surface area contributed by atoms with Crippen LogP contribution in [-0.2, 0) is 26.0 Å². The molecule has 0 bridgehead atoms. The molecule has 2 aromatic carbocycles. The molecule has 0 fully saturated rings. The molecular weight excluding hydrogens is 384 g/mol. The highest BCUT2D eigenvalue weighted by Crippen LogP contribution is 2.30. The highest BCUT2D eigenvalue weighted by Gasteiger charge is 2.27. The molecule has 1 heterocycles. The Labute approximate surface area is 163 Å². The minimum Gasteiger partial charge on any atom is -0.497 e. The van der Waals surface area contributed by atoms with E-state index in [2.05, 4.69) is 5.32 Å². The molecule has 28 heavy (non-hydrogen) atoms. The van der Waals surface area contributed by atoms with Crippen LogP contribution in [-0.4, -0.2) is 46.8 Å². The van der Waals surface area contributed by atoms with Gasteiger partial charge in [-0.25, -0.2) is 13.2 Å². The lowest BCUT2D eigenvalue weighted by molar-refractivity contribution is -0.119. The van der Waals surface area contributed by atoms with E-state index in [4.69, 9.17) is 9.47 Å². The lowest BCUT2D eigenvalue weighted by atomic mass is 10.1. The van der Waals surface area contributed by atoms with E-state index >= 15 is 0 Å². The van der Waals surface area contributed by atoms with Crippen molar-refractivity contribution in [2.75, 3.05) is 36.1 Å². The fraction of sp³-hybridized carbons (Fsp3) is 0.263. The topological polar surface area (TPSA) is 102 Å². The first kappa shape index (κ1) is 19.7. The van der Waals surface area contributed by atoms with Crippen molar-refractivity contribution in [1.29, 1.82) is 0 Å². The van der Waals surface area contributed by atoms with Crippen molar-refractivity contribution in [3.05, 3.63) is 53.6 Å². The molecule has 0 radical (unpaired) electrons. The highest BCUT2D eigenvalue weighted by atomic mass is 32.2. The molecule has 1 aliphatic rings. The van der Waals surface area contributed by atoms with Crippen LogP contribution in [0.25, 0.3) is 0 Å². The van der Waals surface area contributed by atoms with Gasteiger partial charge in [0.2, 0.25) is 10.0 Å². The molecule has 9 heteroatoms. The number of anilines is 2. The number of nitrogens with one attached hydrogen (secondary N) is 1. The van der Waals surface area contributed by atoms with Gasteiger partial charge in [-0.2, -0.15) is 0 Å². The van der Waals surface area contributed by atoms with E-state index in [1.807, 2.05) is 0 Å². The summed E-state index contributed by atoms with van der Waals surface area (Å²) in [6, 6.07) is 11.5. The fourth-order valence-corrected chi connectivity index (χ4v) is 3.91. The maximum atomic E-state index is 12.2. The Morgan fingerprint density at radius 2 is 1.96 bits per heavy atom. The minimum atomic E-state index is -3.35. The molecule has 0 atom stereocenters. The Bertz CT molecular complexity index is 1020. The molecule has 0 unspecified atom stereocenters. The standard InChI is InChI=1S/C19H20N2O6S/c1-26-16-5-3-4-15(11-16)20-18(22)12-27-19(23)14-6-7-17-13(10-14)8-9-21(17)28(2,24)25/h3-7,10-11H,8-9,12H2,1-2H3,(H,20,22). The van der Waals surface area contributed by atoms with Gasteiger partial charge < -0.3 is 14.8 Å². The third-order valence-corrected chi connectivity index (χ3v) is 5.44. The second-order valence-corrected chi connectivity index (χ2v) is 8.19. The summed E-state index contributed by atoms with van der Waals surface area (Å²) in [5.41, 5.74) is 2.11. The van der Waals surface area contributed by atoms with Gasteiger partial charge in [-0.1, -0.05) is 6.07 Å². The predicted molar refractivity (Wildman–Crippen MR) is 104 cm³/mol. The van der Waals surface area contributed by atoms with Crippen LogP contribution in [0, 0.1) is 0 Å². The second kappa shape index (κ2) is 7.89. The van der Waals surface area contributed by atoms with Crippen LogP contribution in [0.4, 0.5) is 11.4 Å². The van der Waals surface area contributed by atoms with E-state index in [1.54, 1.807) is 36.4 Å². The first-order valence-electron chi connectivity index (χ1n) is 8.49. The zero-order chi connectivity index (χ0) is 20.3. The largest absolute Gasteiger partial charge is 0.497 e. The van der Waals surface area contributed by atoms with Gasteiger partial charge >= 0.3 is 5.97 Å². The monoisotopic (exact) mass is 404 g/mol.